The second-order valence-electron chi connectivity index (χ2n) is 7.09. The number of carbonyl (C=O) groups excluding carboxylic acids is 2. The first-order chi connectivity index (χ1) is 14.0. The van der Waals surface area contributed by atoms with Gasteiger partial charge >= 0.3 is 11.8 Å². The van der Waals surface area contributed by atoms with Crippen LogP contribution in [-0.4, -0.2) is 34.8 Å². The highest BCUT2D eigenvalue weighted by atomic mass is 79.9. The maximum absolute atomic E-state index is 13.7. The van der Waals surface area contributed by atoms with Gasteiger partial charge in [-0.05, 0) is 72.9 Å². The maximum Gasteiger partial charge on any atom is 0.313 e. The van der Waals surface area contributed by atoms with E-state index in [-0.39, 0.29) is 11.7 Å². The van der Waals surface area contributed by atoms with Crippen molar-refractivity contribution < 1.29 is 14.0 Å². The van der Waals surface area contributed by atoms with Crippen molar-refractivity contribution in [3.63, 3.8) is 0 Å². The Labute approximate surface area is 176 Å². The van der Waals surface area contributed by atoms with E-state index >= 15 is 0 Å². The number of halogens is 2. The number of likely N-dealkylation sites (tertiary alicyclic amines) is 1. The highest BCUT2D eigenvalue weighted by molar-refractivity contribution is 9.10. The normalized spacial score (nSPS) is 14.8. The van der Waals surface area contributed by atoms with Gasteiger partial charge in [-0.3, -0.25) is 14.6 Å². The van der Waals surface area contributed by atoms with E-state index in [1.807, 2.05) is 6.07 Å². The van der Waals surface area contributed by atoms with Gasteiger partial charge in [-0.15, -0.1) is 0 Å². The molecule has 0 radical (unpaired) electrons. The van der Waals surface area contributed by atoms with Gasteiger partial charge in [-0.25, -0.2) is 4.39 Å². The largest absolute Gasteiger partial charge is 0.334 e. The van der Waals surface area contributed by atoms with Crippen LogP contribution < -0.4 is 5.32 Å². The van der Waals surface area contributed by atoms with E-state index in [0.29, 0.717) is 31.6 Å². The summed E-state index contributed by atoms with van der Waals surface area (Å²) in [6.45, 7) is 0.965. The summed E-state index contributed by atoms with van der Waals surface area (Å²) in [6.07, 6.45) is 3.17. The lowest BCUT2D eigenvalue weighted by Crippen LogP contribution is -2.43. The molecule has 2 heterocycles. The highest BCUT2D eigenvalue weighted by Crippen LogP contribution is 2.32. The molecule has 1 aromatic heterocycles. The molecule has 1 aliphatic heterocycles. The molecule has 0 unspecified atom stereocenters. The molecule has 0 aliphatic carbocycles. The minimum atomic E-state index is -0.637. The van der Waals surface area contributed by atoms with Crippen LogP contribution in [0.5, 0.6) is 0 Å². The van der Waals surface area contributed by atoms with E-state index in [1.54, 1.807) is 41.4 Å². The summed E-state index contributed by atoms with van der Waals surface area (Å²) in [5.74, 6) is -1.26. The number of aromatic nitrogens is 1. The Morgan fingerprint density at radius 3 is 2.52 bits per heavy atom. The number of nitrogens with one attached hydrogen (secondary N) is 1. The molecule has 1 N–H and O–H groups in total. The number of carbonyl (C=O) groups is 2. The fourth-order valence-corrected chi connectivity index (χ4v) is 4.02. The first-order valence-corrected chi connectivity index (χ1v) is 10.2. The van der Waals surface area contributed by atoms with Gasteiger partial charge in [0.15, 0.2) is 0 Å². The first kappa shape index (κ1) is 19.5. The molecule has 2 amide bonds. The van der Waals surface area contributed by atoms with Crippen LogP contribution in [0.3, 0.4) is 0 Å². The number of pyridine rings is 1. The summed E-state index contributed by atoms with van der Waals surface area (Å²) in [6, 6.07) is 13.6. The van der Waals surface area contributed by atoms with Crippen molar-refractivity contribution in [3.8, 4) is 0 Å². The minimum absolute atomic E-state index is 0.195. The molecule has 7 heteroatoms. The van der Waals surface area contributed by atoms with Crippen LogP contribution >= 0.6 is 15.9 Å². The van der Waals surface area contributed by atoms with Gasteiger partial charge < -0.3 is 10.2 Å². The third kappa shape index (κ3) is 4.29. The molecule has 1 saturated heterocycles. The van der Waals surface area contributed by atoms with E-state index in [1.165, 1.54) is 12.1 Å². The van der Waals surface area contributed by atoms with Crippen molar-refractivity contribution >= 4 is 44.3 Å². The zero-order valence-corrected chi connectivity index (χ0v) is 17.2. The molecule has 3 aromatic rings. The molecule has 2 aromatic carbocycles. The van der Waals surface area contributed by atoms with Gasteiger partial charge in [0.05, 0.1) is 5.52 Å². The van der Waals surface area contributed by atoms with Crippen molar-refractivity contribution in [1.29, 1.82) is 0 Å². The second-order valence-corrected chi connectivity index (χ2v) is 8.00. The number of nitrogens with zero attached hydrogens (tertiary/aromatic N) is 2. The number of hydrogen-bond donors (Lipinski definition) is 1. The Morgan fingerprint density at radius 2 is 1.79 bits per heavy atom. The van der Waals surface area contributed by atoms with Crippen LogP contribution in [0.4, 0.5) is 10.1 Å². The third-order valence-corrected chi connectivity index (χ3v) is 5.78. The first-order valence-electron chi connectivity index (χ1n) is 9.41. The number of amides is 2. The van der Waals surface area contributed by atoms with E-state index in [4.69, 9.17) is 0 Å². The Balaban J connectivity index is 1.41. The van der Waals surface area contributed by atoms with Gasteiger partial charge in [0.25, 0.3) is 0 Å². The Hall–Kier alpha value is -2.80. The summed E-state index contributed by atoms with van der Waals surface area (Å²) in [4.78, 5) is 30.7. The van der Waals surface area contributed by atoms with Crippen molar-refractivity contribution in [2.75, 3.05) is 18.4 Å². The molecule has 4 rings (SSSR count). The number of hydrogen-bond acceptors (Lipinski definition) is 3. The zero-order valence-electron chi connectivity index (χ0n) is 15.6. The second kappa shape index (κ2) is 8.29. The number of anilines is 1. The van der Waals surface area contributed by atoms with Gasteiger partial charge in [0.2, 0.25) is 0 Å². The summed E-state index contributed by atoms with van der Waals surface area (Å²) >= 11 is 3.33. The Kier molecular flexibility index (Phi) is 5.58. The number of rotatable bonds is 2. The lowest BCUT2D eigenvalue weighted by Gasteiger charge is -2.32. The maximum atomic E-state index is 13.7. The molecule has 0 bridgehead atoms. The zero-order chi connectivity index (χ0) is 20.4. The number of benzene rings is 2. The summed E-state index contributed by atoms with van der Waals surface area (Å²) in [5.41, 5.74) is 2.38. The fraction of sp³-hybridized carbons (Fsp3) is 0.227. The average Bonchev–Trinajstić information content (AvgIpc) is 2.74. The minimum Gasteiger partial charge on any atom is -0.334 e. The highest BCUT2D eigenvalue weighted by Gasteiger charge is 2.28. The van der Waals surface area contributed by atoms with Crippen molar-refractivity contribution in [2.24, 2.45) is 0 Å². The lowest BCUT2D eigenvalue weighted by atomic mass is 9.87. The van der Waals surface area contributed by atoms with E-state index in [0.717, 1.165) is 20.9 Å². The summed E-state index contributed by atoms with van der Waals surface area (Å²) in [5, 5.41) is 3.45. The topological polar surface area (TPSA) is 62.3 Å². The molecule has 0 atom stereocenters. The Morgan fingerprint density at radius 1 is 1.07 bits per heavy atom. The van der Waals surface area contributed by atoms with Crippen LogP contribution in [0, 0.1) is 5.82 Å². The average molecular weight is 456 g/mol. The summed E-state index contributed by atoms with van der Waals surface area (Å²) < 4.78 is 14.6. The summed E-state index contributed by atoms with van der Waals surface area (Å²) in [7, 11) is 0. The van der Waals surface area contributed by atoms with Gasteiger partial charge in [0.1, 0.15) is 5.82 Å². The van der Waals surface area contributed by atoms with E-state index < -0.39 is 11.8 Å². The smallest absolute Gasteiger partial charge is 0.313 e. The molecular weight excluding hydrogens is 437 g/mol. The molecule has 29 heavy (non-hydrogen) atoms. The van der Waals surface area contributed by atoms with Crippen molar-refractivity contribution in [2.45, 2.75) is 18.8 Å². The standard InChI is InChI=1S/C22H19BrFN3O2/c23-15-1-4-17(5-2-15)26-21(28)22(29)27-11-8-14(9-12-27)18-7-10-25-20-6-3-16(24)13-19(18)20/h1-7,10,13-14H,8-9,11-12H2,(H,26,28). The monoisotopic (exact) mass is 455 g/mol. The molecule has 148 valence electrons. The number of piperidine rings is 1. The molecule has 1 fully saturated rings. The van der Waals surface area contributed by atoms with Gasteiger partial charge in [-0.2, -0.15) is 0 Å². The van der Waals surface area contributed by atoms with Gasteiger partial charge in [-0.1, -0.05) is 15.9 Å². The van der Waals surface area contributed by atoms with Crippen LogP contribution in [-0.2, 0) is 9.59 Å². The molecule has 5 nitrogen and oxygen atoms in total. The SMILES string of the molecule is O=C(Nc1ccc(Br)cc1)C(=O)N1CCC(c2ccnc3ccc(F)cc23)CC1. The van der Waals surface area contributed by atoms with Crippen molar-refractivity contribution in [1.82, 2.24) is 9.88 Å². The molecular formula is C22H19BrFN3O2. The lowest BCUT2D eigenvalue weighted by molar-refractivity contribution is -0.143. The fourth-order valence-electron chi connectivity index (χ4n) is 3.75. The molecule has 0 saturated carbocycles. The van der Waals surface area contributed by atoms with E-state index in [2.05, 4.69) is 26.2 Å². The quantitative estimate of drug-likeness (QED) is 0.579. The van der Waals surface area contributed by atoms with Crippen LogP contribution in [0.25, 0.3) is 10.9 Å². The molecule has 0 spiro atoms. The molecule has 1 aliphatic rings. The van der Waals surface area contributed by atoms with Crippen LogP contribution in [0.1, 0.15) is 24.3 Å². The predicted molar refractivity (Wildman–Crippen MR) is 113 cm³/mol. The van der Waals surface area contributed by atoms with E-state index in [9.17, 15) is 14.0 Å². The number of fused-ring (bicyclic) bond motifs is 1. The third-order valence-electron chi connectivity index (χ3n) is 5.26. The van der Waals surface area contributed by atoms with Crippen molar-refractivity contribution in [3.05, 3.63) is 70.6 Å². The van der Waals surface area contributed by atoms with Gasteiger partial charge in [0, 0.05) is 34.8 Å². The Bertz CT molecular complexity index is 1060. The van der Waals surface area contributed by atoms with Crippen LogP contribution in [0.2, 0.25) is 0 Å². The van der Waals surface area contributed by atoms with Crippen LogP contribution in [0.15, 0.2) is 59.2 Å². The predicted octanol–water partition coefficient (Wildman–Crippen LogP) is 4.48.